The maximum Gasteiger partial charge on any atom is 0.491 e. The Bertz CT molecular complexity index is 1470. The summed E-state index contributed by atoms with van der Waals surface area (Å²) in [5, 5.41) is 34.9. The SMILES string of the molecule is NC(=O)CC[C@@H](CC(=O)O)NC(=O)[C@@H]1CC(NC(=O)c2ccc3c(c2)B(O)OC3)CN1C(=O)c1ccc2c(c1)B(O)OC2. The number of primary amides is 1. The second-order valence-electron chi connectivity index (χ2n) is 10.8. The molecule has 4 amide bonds. The molecule has 5 rings (SSSR count). The van der Waals surface area contributed by atoms with Crippen LogP contribution in [0.15, 0.2) is 36.4 Å². The Kier molecular flexibility index (Phi) is 8.82. The summed E-state index contributed by atoms with van der Waals surface area (Å²) in [5.41, 5.74) is 8.06. The van der Waals surface area contributed by atoms with Crippen molar-refractivity contribution in [2.75, 3.05) is 6.54 Å². The number of likely N-dealkylation sites (tertiary alicyclic amines) is 1. The first-order valence-corrected chi connectivity index (χ1v) is 13.8. The standard InChI is InChI=1S/C27H30B2N4O10/c30-23(34)6-5-18(10-24(35)36)31-26(38)22-9-19(32-25(37)14-1-3-16-12-42-28(40)20(16)7-14)11-33(22)27(39)15-2-4-17-13-43-29(41)21(17)8-15/h1-4,7-8,18-19,22,40-41H,5-6,9-13H2,(H2,30,34)(H,31,38)(H,32,37)(H,35,36)/t18-,19?,22-/m0/s1. The first-order valence-electron chi connectivity index (χ1n) is 13.8. The quantitative estimate of drug-likeness (QED) is 0.158. The summed E-state index contributed by atoms with van der Waals surface area (Å²) in [6.07, 6.45) is -0.599. The summed E-state index contributed by atoms with van der Waals surface area (Å²) >= 11 is 0. The topological polar surface area (TPSA) is 218 Å². The van der Waals surface area contributed by atoms with Crippen LogP contribution < -0.4 is 27.3 Å². The van der Waals surface area contributed by atoms with E-state index in [-0.39, 0.29) is 50.1 Å². The molecule has 14 nitrogen and oxygen atoms in total. The van der Waals surface area contributed by atoms with Crippen molar-refractivity contribution in [3.05, 3.63) is 58.7 Å². The highest BCUT2D eigenvalue weighted by Crippen LogP contribution is 2.23. The van der Waals surface area contributed by atoms with Gasteiger partial charge >= 0.3 is 20.2 Å². The van der Waals surface area contributed by atoms with Gasteiger partial charge in [-0.05, 0) is 59.2 Å². The van der Waals surface area contributed by atoms with Gasteiger partial charge in [-0.2, -0.15) is 0 Å². The van der Waals surface area contributed by atoms with Crippen LogP contribution in [0.25, 0.3) is 0 Å². The van der Waals surface area contributed by atoms with E-state index in [2.05, 4.69) is 10.6 Å². The number of carbonyl (C=O) groups excluding carboxylic acids is 4. The molecule has 0 aliphatic carbocycles. The summed E-state index contributed by atoms with van der Waals surface area (Å²) in [5.74, 6) is -3.52. The maximum absolute atomic E-state index is 13.7. The van der Waals surface area contributed by atoms with E-state index in [0.29, 0.717) is 10.9 Å². The zero-order valence-electron chi connectivity index (χ0n) is 23.0. The lowest BCUT2D eigenvalue weighted by molar-refractivity contribution is -0.138. The number of hydrogen-bond acceptors (Lipinski definition) is 9. The molecule has 3 aliphatic heterocycles. The Morgan fingerprint density at radius 2 is 1.58 bits per heavy atom. The van der Waals surface area contributed by atoms with Gasteiger partial charge in [0, 0.05) is 36.2 Å². The van der Waals surface area contributed by atoms with Crippen LogP contribution in [0.1, 0.15) is 57.5 Å². The number of benzene rings is 2. The molecule has 0 saturated carbocycles. The van der Waals surface area contributed by atoms with Crippen molar-refractivity contribution in [2.45, 2.75) is 57.0 Å². The van der Waals surface area contributed by atoms with Crippen LogP contribution in [-0.4, -0.2) is 88.6 Å². The number of nitrogens with one attached hydrogen (secondary N) is 2. The Balaban J connectivity index is 1.36. The largest absolute Gasteiger partial charge is 0.491 e. The number of rotatable bonds is 10. The van der Waals surface area contributed by atoms with E-state index >= 15 is 0 Å². The van der Waals surface area contributed by atoms with E-state index in [1.165, 1.54) is 17.0 Å². The highest BCUT2D eigenvalue weighted by Gasteiger charge is 2.42. The number of aliphatic carboxylic acids is 1. The van der Waals surface area contributed by atoms with Crippen molar-refractivity contribution >= 4 is 54.8 Å². The van der Waals surface area contributed by atoms with Crippen molar-refractivity contribution in [3.63, 3.8) is 0 Å². The summed E-state index contributed by atoms with van der Waals surface area (Å²) in [4.78, 5) is 64.4. The van der Waals surface area contributed by atoms with Crippen LogP contribution in [0.2, 0.25) is 0 Å². The highest BCUT2D eigenvalue weighted by molar-refractivity contribution is 6.62. The fourth-order valence-electron chi connectivity index (χ4n) is 5.60. The third-order valence-electron chi connectivity index (χ3n) is 7.83. The molecule has 224 valence electrons. The van der Waals surface area contributed by atoms with Gasteiger partial charge < -0.3 is 45.7 Å². The fraction of sp³-hybridized carbons (Fsp3) is 0.370. The molecule has 0 radical (unpaired) electrons. The first-order chi connectivity index (χ1) is 20.5. The third-order valence-corrected chi connectivity index (χ3v) is 7.83. The number of carbonyl (C=O) groups is 5. The summed E-state index contributed by atoms with van der Waals surface area (Å²) in [6, 6.07) is 6.83. The summed E-state index contributed by atoms with van der Waals surface area (Å²) < 4.78 is 10.4. The number of nitrogens with two attached hydrogens (primary N) is 1. The second kappa shape index (κ2) is 12.6. The molecule has 1 fully saturated rings. The van der Waals surface area contributed by atoms with Crippen molar-refractivity contribution in [1.29, 1.82) is 0 Å². The molecule has 3 atom stereocenters. The molecule has 2 aromatic carbocycles. The maximum atomic E-state index is 13.7. The minimum absolute atomic E-state index is 0.00912. The number of carboxylic acid groups (broad SMARTS) is 1. The van der Waals surface area contributed by atoms with E-state index < -0.39 is 68.4 Å². The molecular formula is C27H30B2N4O10. The average molecular weight is 592 g/mol. The molecule has 43 heavy (non-hydrogen) atoms. The molecule has 0 spiro atoms. The van der Waals surface area contributed by atoms with Gasteiger partial charge in [0.1, 0.15) is 6.04 Å². The van der Waals surface area contributed by atoms with E-state index in [1.54, 1.807) is 24.3 Å². The predicted molar refractivity (Wildman–Crippen MR) is 151 cm³/mol. The van der Waals surface area contributed by atoms with Gasteiger partial charge in [0.25, 0.3) is 11.8 Å². The lowest BCUT2D eigenvalue weighted by Crippen LogP contribution is -2.49. The van der Waals surface area contributed by atoms with Crippen LogP contribution in [0.3, 0.4) is 0 Å². The second-order valence-corrected chi connectivity index (χ2v) is 10.8. The molecule has 7 N–H and O–H groups in total. The van der Waals surface area contributed by atoms with Crippen LogP contribution in [0.5, 0.6) is 0 Å². The zero-order valence-corrected chi connectivity index (χ0v) is 23.0. The van der Waals surface area contributed by atoms with E-state index in [4.69, 9.17) is 15.0 Å². The predicted octanol–water partition coefficient (Wildman–Crippen LogP) is -2.64. The van der Waals surface area contributed by atoms with Crippen molar-refractivity contribution < 1.29 is 48.4 Å². The highest BCUT2D eigenvalue weighted by atomic mass is 16.5. The van der Waals surface area contributed by atoms with Crippen LogP contribution in [0, 0.1) is 0 Å². The number of nitrogens with zero attached hydrogens (tertiary/aromatic N) is 1. The molecule has 3 aliphatic rings. The van der Waals surface area contributed by atoms with E-state index in [9.17, 15) is 39.1 Å². The Morgan fingerprint density at radius 1 is 0.977 bits per heavy atom. The lowest BCUT2D eigenvalue weighted by Gasteiger charge is -2.26. The van der Waals surface area contributed by atoms with E-state index in [1.807, 2.05) is 0 Å². The van der Waals surface area contributed by atoms with Gasteiger partial charge in [-0.1, -0.05) is 12.1 Å². The van der Waals surface area contributed by atoms with Gasteiger partial charge in [-0.25, -0.2) is 0 Å². The fourth-order valence-corrected chi connectivity index (χ4v) is 5.60. The molecule has 16 heteroatoms. The van der Waals surface area contributed by atoms with Crippen LogP contribution >= 0.6 is 0 Å². The number of hydrogen-bond donors (Lipinski definition) is 6. The van der Waals surface area contributed by atoms with Crippen molar-refractivity contribution in [2.24, 2.45) is 5.73 Å². The lowest BCUT2D eigenvalue weighted by atomic mass is 9.78. The van der Waals surface area contributed by atoms with Crippen molar-refractivity contribution in [1.82, 2.24) is 15.5 Å². The minimum Gasteiger partial charge on any atom is -0.481 e. The van der Waals surface area contributed by atoms with Crippen molar-refractivity contribution in [3.8, 4) is 0 Å². The molecule has 1 saturated heterocycles. The molecule has 0 bridgehead atoms. The van der Waals surface area contributed by atoms with Gasteiger partial charge in [0.15, 0.2) is 0 Å². The van der Waals surface area contributed by atoms with Crippen LogP contribution in [0.4, 0.5) is 0 Å². The molecule has 2 aromatic rings. The van der Waals surface area contributed by atoms with Gasteiger partial charge in [-0.15, -0.1) is 0 Å². The van der Waals surface area contributed by atoms with E-state index in [0.717, 1.165) is 11.1 Å². The molecular weight excluding hydrogens is 562 g/mol. The third kappa shape index (κ3) is 6.72. The normalized spacial score (nSPS) is 19.5. The summed E-state index contributed by atoms with van der Waals surface area (Å²) in [7, 11) is -2.33. The molecule has 1 unspecified atom stereocenters. The Morgan fingerprint density at radius 3 is 2.19 bits per heavy atom. The zero-order chi connectivity index (χ0) is 30.8. The van der Waals surface area contributed by atoms with Gasteiger partial charge in [0.05, 0.1) is 19.6 Å². The van der Waals surface area contributed by atoms with Crippen LogP contribution in [-0.2, 0) is 36.9 Å². The monoisotopic (exact) mass is 592 g/mol. The number of amides is 4. The van der Waals surface area contributed by atoms with Gasteiger partial charge in [0.2, 0.25) is 11.8 Å². The smallest absolute Gasteiger partial charge is 0.481 e. The number of fused-ring (bicyclic) bond motifs is 2. The Hall–Kier alpha value is -4.24. The van der Waals surface area contributed by atoms with Gasteiger partial charge in [-0.3, -0.25) is 24.0 Å². The minimum atomic E-state index is -1.19. The number of carboxylic acids is 1. The summed E-state index contributed by atoms with van der Waals surface area (Å²) in [6.45, 7) is 0.374. The molecule has 3 heterocycles. The average Bonchev–Trinajstić information content (AvgIpc) is 3.67. The first kappa shape index (κ1) is 30.2. The Labute approximate surface area is 246 Å². The molecule has 0 aromatic heterocycles.